The molecule has 1 saturated carbocycles. The average Bonchev–Trinajstić information content (AvgIpc) is 2.99. The molecule has 154 valence electrons. The third-order valence-corrected chi connectivity index (χ3v) is 7.90. The highest BCUT2D eigenvalue weighted by Crippen LogP contribution is 2.63. The minimum Gasteiger partial charge on any atom is -0.457 e. The first kappa shape index (κ1) is 20.5. The molecule has 0 radical (unpaired) electrons. The number of hydrogen-bond donors (Lipinski definition) is 0. The maximum atomic E-state index is 15.2. The Labute approximate surface area is 178 Å². The van der Waals surface area contributed by atoms with E-state index in [9.17, 15) is 14.4 Å². The highest BCUT2D eigenvalue weighted by Gasteiger charge is 2.56. The number of esters is 1. The van der Waals surface area contributed by atoms with Crippen molar-refractivity contribution in [3.8, 4) is 0 Å². The third kappa shape index (κ3) is 3.02. The fraction of sp³-hybridized carbons (Fsp3) is 0.522. The molecular weight excluding hydrogens is 439 g/mol. The molecule has 0 aromatic heterocycles. The van der Waals surface area contributed by atoms with Crippen LogP contribution in [-0.2, 0) is 19.1 Å². The summed E-state index contributed by atoms with van der Waals surface area (Å²) in [6.45, 7) is 5.08. The van der Waals surface area contributed by atoms with E-state index in [0.717, 1.165) is 5.57 Å². The van der Waals surface area contributed by atoms with Crippen molar-refractivity contribution in [2.75, 3.05) is 6.61 Å². The van der Waals surface area contributed by atoms with Gasteiger partial charge < -0.3 is 4.74 Å². The molecule has 0 N–H and O–H groups in total. The van der Waals surface area contributed by atoms with Gasteiger partial charge in [-0.3, -0.25) is 14.4 Å². The van der Waals surface area contributed by atoms with Gasteiger partial charge in [0.1, 0.15) is 6.17 Å². The second kappa shape index (κ2) is 6.86. The summed E-state index contributed by atoms with van der Waals surface area (Å²) >= 11 is 3.33. The van der Waals surface area contributed by atoms with Crippen molar-refractivity contribution in [2.24, 2.45) is 22.7 Å². The lowest BCUT2D eigenvalue weighted by atomic mass is 9.52. The number of halogens is 2. The van der Waals surface area contributed by atoms with Crippen LogP contribution in [0.4, 0.5) is 4.39 Å². The Morgan fingerprint density at radius 1 is 1.28 bits per heavy atom. The molecule has 0 bridgehead atoms. The lowest BCUT2D eigenvalue weighted by Gasteiger charge is -2.52. The van der Waals surface area contributed by atoms with Gasteiger partial charge in [0, 0.05) is 23.3 Å². The molecule has 0 heterocycles. The molecule has 4 aliphatic carbocycles. The van der Waals surface area contributed by atoms with Gasteiger partial charge in [0.15, 0.2) is 18.2 Å². The normalized spacial score (nSPS) is 38.0. The number of carbonyl (C=O) groups excluding carboxylic acids is 3. The van der Waals surface area contributed by atoms with Crippen LogP contribution in [0.25, 0.3) is 0 Å². The Bertz CT molecular complexity index is 943. The van der Waals surface area contributed by atoms with Crippen LogP contribution in [0.3, 0.4) is 0 Å². The van der Waals surface area contributed by atoms with E-state index in [-0.39, 0.29) is 30.0 Å². The van der Waals surface area contributed by atoms with E-state index >= 15 is 4.39 Å². The number of ether oxygens (including phenoxy) is 1. The molecule has 29 heavy (non-hydrogen) atoms. The van der Waals surface area contributed by atoms with E-state index in [1.807, 2.05) is 19.1 Å². The Morgan fingerprint density at radius 3 is 2.69 bits per heavy atom. The highest BCUT2D eigenvalue weighted by molar-refractivity contribution is 9.12. The monoisotopic (exact) mass is 462 g/mol. The molecule has 0 saturated heterocycles. The number of fused-ring (bicyclic) bond motifs is 5. The third-order valence-electron chi connectivity index (χ3n) is 7.28. The lowest BCUT2D eigenvalue weighted by Crippen LogP contribution is -2.47. The molecular formula is C23H24BrFO4. The number of carbonyl (C=O) groups is 3. The van der Waals surface area contributed by atoms with Crippen LogP contribution in [0.15, 0.2) is 45.5 Å². The smallest absolute Gasteiger partial charge is 0.303 e. The zero-order chi connectivity index (χ0) is 21.1. The van der Waals surface area contributed by atoms with Gasteiger partial charge >= 0.3 is 5.97 Å². The van der Waals surface area contributed by atoms with E-state index in [1.54, 1.807) is 0 Å². The predicted molar refractivity (Wildman–Crippen MR) is 110 cm³/mol. The number of allylic oxidation sites excluding steroid dienone is 7. The standard InChI is InChI=1S/C23H24BrFO4/c1-12(26)29-11-21(28)16-5-4-14-13-8-19(25)17-9-20(27)18(24)10-23(17,3)15(13)6-7-22(14,16)2/h5-6,9-10,13-14,19H,4,7-8,11H2,1-3H3. The number of ketones is 2. The minimum atomic E-state index is -1.19. The van der Waals surface area contributed by atoms with E-state index in [0.29, 0.717) is 34.9 Å². The molecule has 4 nitrogen and oxygen atoms in total. The number of hydrogen-bond acceptors (Lipinski definition) is 4. The quantitative estimate of drug-likeness (QED) is 0.455. The van der Waals surface area contributed by atoms with Gasteiger partial charge in [-0.15, -0.1) is 0 Å². The second-order valence-electron chi connectivity index (χ2n) is 8.91. The number of Topliss-reactive ketones (excluding diaryl/α,β-unsaturated/α-hetero) is 1. The summed E-state index contributed by atoms with van der Waals surface area (Å²) in [6, 6.07) is 0. The Hall–Kier alpha value is -1.82. The van der Waals surface area contributed by atoms with Crippen molar-refractivity contribution in [1.29, 1.82) is 0 Å². The molecule has 0 aromatic rings. The van der Waals surface area contributed by atoms with Gasteiger partial charge in [-0.1, -0.05) is 30.7 Å². The summed E-state index contributed by atoms with van der Waals surface area (Å²) in [4.78, 5) is 35.9. The summed E-state index contributed by atoms with van der Waals surface area (Å²) in [5.41, 5.74) is 1.35. The van der Waals surface area contributed by atoms with Crippen molar-refractivity contribution < 1.29 is 23.5 Å². The van der Waals surface area contributed by atoms with Gasteiger partial charge in [-0.25, -0.2) is 4.39 Å². The molecule has 6 heteroatoms. The van der Waals surface area contributed by atoms with Crippen LogP contribution < -0.4 is 0 Å². The summed E-state index contributed by atoms with van der Waals surface area (Å²) in [6.07, 6.45) is 7.88. The summed E-state index contributed by atoms with van der Waals surface area (Å²) in [5.74, 6) is -0.743. The van der Waals surface area contributed by atoms with Gasteiger partial charge in [0.05, 0.1) is 4.48 Å². The van der Waals surface area contributed by atoms with E-state index < -0.39 is 23.0 Å². The largest absolute Gasteiger partial charge is 0.457 e. The van der Waals surface area contributed by atoms with Crippen LogP contribution in [0, 0.1) is 22.7 Å². The first-order chi connectivity index (χ1) is 13.6. The Morgan fingerprint density at radius 2 is 2.00 bits per heavy atom. The summed E-state index contributed by atoms with van der Waals surface area (Å²) < 4.78 is 20.6. The molecule has 4 aliphatic rings. The minimum absolute atomic E-state index is 0.00840. The molecule has 1 fully saturated rings. The molecule has 4 rings (SSSR count). The van der Waals surface area contributed by atoms with Crippen LogP contribution in [0.2, 0.25) is 0 Å². The topological polar surface area (TPSA) is 60.4 Å². The van der Waals surface area contributed by atoms with E-state index in [1.165, 1.54) is 13.0 Å². The molecule has 0 amide bonds. The second-order valence-corrected chi connectivity index (χ2v) is 9.77. The van der Waals surface area contributed by atoms with Crippen molar-refractivity contribution in [3.05, 3.63) is 45.5 Å². The first-order valence-electron chi connectivity index (χ1n) is 9.94. The highest BCUT2D eigenvalue weighted by atomic mass is 79.9. The molecule has 0 spiro atoms. The summed E-state index contributed by atoms with van der Waals surface area (Å²) in [5, 5.41) is 0. The van der Waals surface area contributed by atoms with Crippen LogP contribution >= 0.6 is 15.9 Å². The van der Waals surface area contributed by atoms with Crippen molar-refractivity contribution in [3.63, 3.8) is 0 Å². The van der Waals surface area contributed by atoms with Crippen molar-refractivity contribution >= 4 is 33.5 Å². The van der Waals surface area contributed by atoms with E-state index in [2.05, 4.69) is 28.9 Å². The van der Waals surface area contributed by atoms with Crippen LogP contribution in [0.5, 0.6) is 0 Å². The molecule has 5 unspecified atom stereocenters. The SMILES string of the molecule is CC(=O)OCC(=O)C1=CCC2C3CC(F)C4=CC(=O)C(Br)=CC4(C)C3=CCC12C. The molecule has 0 aliphatic heterocycles. The summed E-state index contributed by atoms with van der Waals surface area (Å²) in [7, 11) is 0. The zero-order valence-corrected chi connectivity index (χ0v) is 18.3. The molecule has 0 aromatic carbocycles. The van der Waals surface area contributed by atoms with E-state index in [4.69, 9.17) is 4.74 Å². The van der Waals surface area contributed by atoms with Crippen LogP contribution in [-0.4, -0.2) is 30.3 Å². The van der Waals surface area contributed by atoms with Crippen LogP contribution in [0.1, 0.15) is 40.0 Å². The predicted octanol–water partition coefficient (Wildman–Crippen LogP) is 4.55. The van der Waals surface area contributed by atoms with Crippen molar-refractivity contribution in [1.82, 2.24) is 0 Å². The van der Waals surface area contributed by atoms with Gasteiger partial charge in [0.2, 0.25) is 0 Å². The Balaban J connectivity index is 1.69. The first-order valence-corrected chi connectivity index (χ1v) is 10.7. The maximum absolute atomic E-state index is 15.2. The lowest BCUT2D eigenvalue weighted by molar-refractivity contribution is -0.145. The number of rotatable bonds is 3. The van der Waals surface area contributed by atoms with Gasteiger partial charge in [0.25, 0.3) is 0 Å². The Kier molecular flexibility index (Phi) is 4.84. The van der Waals surface area contributed by atoms with Crippen molar-refractivity contribution in [2.45, 2.75) is 46.2 Å². The van der Waals surface area contributed by atoms with Gasteiger partial charge in [-0.05, 0) is 65.6 Å². The number of alkyl halides is 1. The fourth-order valence-corrected chi connectivity index (χ4v) is 6.42. The van der Waals surface area contributed by atoms with Gasteiger partial charge in [-0.2, -0.15) is 0 Å². The fourth-order valence-electron chi connectivity index (χ4n) is 5.85. The maximum Gasteiger partial charge on any atom is 0.303 e. The average molecular weight is 463 g/mol. The zero-order valence-electron chi connectivity index (χ0n) is 16.8. The molecule has 5 atom stereocenters.